The van der Waals surface area contributed by atoms with Gasteiger partial charge in [0.15, 0.2) is 11.4 Å². The topological polar surface area (TPSA) is 50.5 Å². The van der Waals surface area contributed by atoms with Crippen molar-refractivity contribution in [2.45, 2.75) is 13.8 Å². The van der Waals surface area contributed by atoms with Crippen molar-refractivity contribution in [2.24, 2.45) is 0 Å². The van der Waals surface area contributed by atoms with Crippen molar-refractivity contribution >= 4 is 16.9 Å². The molecule has 0 saturated heterocycles. The Morgan fingerprint density at radius 2 is 2.00 bits per heavy atom. The van der Waals surface area contributed by atoms with E-state index in [0.29, 0.717) is 18.5 Å². The van der Waals surface area contributed by atoms with Crippen LogP contribution in [-0.2, 0) is 0 Å². The lowest BCUT2D eigenvalue weighted by Gasteiger charge is -2.17. The molecule has 2 rings (SSSR count). The Balaban J connectivity index is 2.59. The molecule has 0 bridgehead atoms. The Morgan fingerprint density at radius 3 is 2.63 bits per heavy atom. The Bertz CT molecular complexity index is 674. The van der Waals surface area contributed by atoms with Gasteiger partial charge >= 0.3 is 5.63 Å². The Morgan fingerprint density at radius 1 is 1.32 bits per heavy atom. The fourth-order valence-electron chi connectivity index (χ4n) is 1.94. The number of carbonyl (C=O) groups is 1. The summed E-state index contributed by atoms with van der Waals surface area (Å²) in [6, 6.07) is 5.69. The molecule has 0 atom stereocenters. The molecule has 0 saturated carbocycles. The molecule has 0 spiro atoms. The van der Waals surface area contributed by atoms with Crippen molar-refractivity contribution in [1.29, 1.82) is 0 Å². The van der Waals surface area contributed by atoms with E-state index in [0.717, 1.165) is 0 Å². The number of amides is 1. The summed E-state index contributed by atoms with van der Waals surface area (Å²) >= 11 is 0. The third-order valence-electron chi connectivity index (χ3n) is 2.99. The molecular weight excluding hydrogens is 249 g/mol. The lowest BCUT2D eigenvalue weighted by atomic mass is 10.1. The third kappa shape index (κ3) is 2.36. The van der Waals surface area contributed by atoms with E-state index in [9.17, 15) is 14.0 Å². The Labute approximate surface area is 109 Å². The highest BCUT2D eigenvalue weighted by Gasteiger charge is 2.19. The molecule has 19 heavy (non-hydrogen) atoms. The summed E-state index contributed by atoms with van der Waals surface area (Å²) in [6.07, 6.45) is 0. The molecule has 0 radical (unpaired) electrons. The maximum absolute atomic E-state index is 13.5. The van der Waals surface area contributed by atoms with E-state index in [1.165, 1.54) is 23.1 Å². The first-order chi connectivity index (χ1) is 9.08. The van der Waals surface area contributed by atoms with Crippen LogP contribution < -0.4 is 5.63 Å². The van der Waals surface area contributed by atoms with Gasteiger partial charge in [0.2, 0.25) is 0 Å². The molecule has 0 N–H and O–H groups in total. The van der Waals surface area contributed by atoms with E-state index in [4.69, 9.17) is 4.42 Å². The minimum Gasteiger partial charge on any atom is -0.419 e. The van der Waals surface area contributed by atoms with E-state index in [1.54, 1.807) is 6.07 Å². The monoisotopic (exact) mass is 263 g/mol. The maximum atomic E-state index is 13.5. The third-order valence-corrected chi connectivity index (χ3v) is 2.99. The lowest BCUT2D eigenvalue weighted by Crippen LogP contribution is -2.33. The van der Waals surface area contributed by atoms with E-state index < -0.39 is 17.3 Å². The average molecular weight is 263 g/mol. The normalized spacial score (nSPS) is 10.7. The van der Waals surface area contributed by atoms with Gasteiger partial charge in [-0.1, -0.05) is 12.1 Å². The van der Waals surface area contributed by atoms with Crippen LogP contribution in [0, 0.1) is 5.82 Å². The number of hydrogen-bond acceptors (Lipinski definition) is 3. The van der Waals surface area contributed by atoms with Gasteiger partial charge in [0, 0.05) is 18.5 Å². The minimum atomic E-state index is -0.811. The zero-order valence-corrected chi connectivity index (χ0v) is 10.8. The van der Waals surface area contributed by atoms with E-state index in [1.807, 2.05) is 13.8 Å². The summed E-state index contributed by atoms with van der Waals surface area (Å²) in [5, 5.41) is 0.398. The minimum absolute atomic E-state index is 0.0678. The second-order valence-corrected chi connectivity index (χ2v) is 4.08. The molecule has 0 unspecified atom stereocenters. The highest BCUT2D eigenvalue weighted by atomic mass is 19.1. The number of halogens is 1. The first-order valence-electron chi connectivity index (χ1n) is 6.10. The van der Waals surface area contributed by atoms with Crippen molar-refractivity contribution in [3.63, 3.8) is 0 Å². The lowest BCUT2D eigenvalue weighted by molar-refractivity contribution is 0.0769. The number of hydrogen-bond donors (Lipinski definition) is 0. The van der Waals surface area contributed by atoms with E-state index in [-0.39, 0.29) is 11.1 Å². The van der Waals surface area contributed by atoms with Crippen LogP contribution in [0.25, 0.3) is 11.0 Å². The number of rotatable bonds is 3. The van der Waals surface area contributed by atoms with Gasteiger partial charge in [0.05, 0.1) is 0 Å². The van der Waals surface area contributed by atoms with Gasteiger partial charge in [0.1, 0.15) is 5.56 Å². The van der Waals surface area contributed by atoms with Crippen LogP contribution >= 0.6 is 0 Å². The fraction of sp³-hybridized carbons (Fsp3) is 0.286. The van der Waals surface area contributed by atoms with Gasteiger partial charge in [-0.2, -0.15) is 0 Å². The van der Waals surface area contributed by atoms with E-state index >= 15 is 0 Å². The molecule has 100 valence electrons. The summed E-state index contributed by atoms with van der Waals surface area (Å²) in [7, 11) is 0. The number of benzene rings is 1. The highest BCUT2D eigenvalue weighted by Crippen LogP contribution is 2.17. The largest absolute Gasteiger partial charge is 0.419 e. The molecule has 4 nitrogen and oxygen atoms in total. The summed E-state index contributed by atoms with van der Waals surface area (Å²) in [5.41, 5.74) is -1.00. The average Bonchev–Trinajstić information content (AvgIpc) is 2.40. The molecule has 1 aromatic heterocycles. The molecule has 1 heterocycles. The van der Waals surface area contributed by atoms with Gasteiger partial charge in [-0.25, -0.2) is 9.18 Å². The second kappa shape index (κ2) is 5.22. The van der Waals surface area contributed by atoms with Crippen LogP contribution in [0.2, 0.25) is 0 Å². The maximum Gasteiger partial charge on any atom is 0.349 e. The number of nitrogens with zero attached hydrogens (tertiary/aromatic N) is 1. The molecule has 1 amide bonds. The predicted molar refractivity (Wildman–Crippen MR) is 69.7 cm³/mol. The molecule has 0 fully saturated rings. The number of carbonyl (C=O) groups excluding carboxylic acids is 1. The SMILES string of the molecule is CCN(CC)C(=O)c1cc2cccc(F)c2oc1=O. The molecule has 5 heteroatoms. The van der Waals surface area contributed by atoms with Gasteiger partial charge in [0.25, 0.3) is 5.91 Å². The predicted octanol–water partition coefficient (Wildman–Crippen LogP) is 2.41. The van der Waals surface area contributed by atoms with Crippen LogP contribution in [0.15, 0.2) is 33.5 Å². The van der Waals surface area contributed by atoms with Gasteiger partial charge in [-0.15, -0.1) is 0 Å². The molecule has 2 aromatic rings. The van der Waals surface area contributed by atoms with Crippen molar-refractivity contribution in [2.75, 3.05) is 13.1 Å². The number of fused-ring (bicyclic) bond motifs is 1. The quantitative estimate of drug-likeness (QED) is 0.799. The highest BCUT2D eigenvalue weighted by molar-refractivity contribution is 5.96. The van der Waals surface area contributed by atoms with Crippen LogP contribution in [-0.4, -0.2) is 23.9 Å². The summed E-state index contributed by atoms with van der Waals surface area (Å²) in [5.74, 6) is -1.01. The van der Waals surface area contributed by atoms with Crippen LogP contribution in [0.3, 0.4) is 0 Å². The van der Waals surface area contributed by atoms with Gasteiger partial charge in [-0.3, -0.25) is 4.79 Å². The van der Waals surface area contributed by atoms with E-state index in [2.05, 4.69) is 0 Å². The van der Waals surface area contributed by atoms with Crippen molar-refractivity contribution in [3.8, 4) is 0 Å². The van der Waals surface area contributed by atoms with Crippen LogP contribution in [0.5, 0.6) is 0 Å². The summed E-state index contributed by atoms with van der Waals surface area (Å²) in [6.45, 7) is 4.64. The standard InChI is InChI=1S/C14H14FNO3/c1-3-16(4-2)13(17)10-8-9-6-5-7-11(15)12(9)19-14(10)18/h5-8H,3-4H2,1-2H3. The fourth-order valence-corrected chi connectivity index (χ4v) is 1.94. The molecule has 1 aromatic carbocycles. The zero-order valence-electron chi connectivity index (χ0n) is 10.8. The number of para-hydroxylation sites is 1. The first kappa shape index (κ1) is 13.3. The van der Waals surface area contributed by atoms with Gasteiger partial charge < -0.3 is 9.32 Å². The Hall–Kier alpha value is -2.17. The summed E-state index contributed by atoms with van der Waals surface area (Å²) < 4.78 is 18.4. The Kier molecular flexibility index (Phi) is 3.64. The molecule has 0 aliphatic heterocycles. The molecule has 0 aliphatic carbocycles. The molecular formula is C14H14FNO3. The van der Waals surface area contributed by atoms with Gasteiger partial charge in [-0.05, 0) is 26.0 Å². The smallest absolute Gasteiger partial charge is 0.349 e. The molecule has 0 aliphatic rings. The first-order valence-corrected chi connectivity index (χ1v) is 6.10. The second-order valence-electron chi connectivity index (χ2n) is 4.08. The van der Waals surface area contributed by atoms with Crippen molar-refractivity contribution in [1.82, 2.24) is 4.90 Å². The van der Waals surface area contributed by atoms with Crippen molar-refractivity contribution in [3.05, 3.63) is 46.1 Å². The van der Waals surface area contributed by atoms with Crippen molar-refractivity contribution < 1.29 is 13.6 Å². The van der Waals surface area contributed by atoms with Crippen LogP contribution in [0.1, 0.15) is 24.2 Å². The van der Waals surface area contributed by atoms with Crippen LogP contribution in [0.4, 0.5) is 4.39 Å². The summed E-state index contributed by atoms with van der Waals surface area (Å²) in [4.78, 5) is 25.4. The zero-order chi connectivity index (χ0) is 14.0.